The summed E-state index contributed by atoms with van der Waals surface area (Å²) in [7, 11) is 0. The molecular weight excluding hydrogens is 373 g/mol. The number of nitrogens with zero attached hydrogens (tertiary/aromatic N) is 3. The second kappa shape index (κ2) is 8.69. The Bertz CT molecular complexity index is 755. The van der Waals surface area contributed by atoms with Gasteiger partial charge >= 0.3 is 0 Å². The van der Waals surface area contributed by atoms with E-state index in [1.165, 1.54) is 38.3 Å². The number of ether oxygens (including phenoxy) is 1. The first-order chi connectivity index (χ1) is 14.0. The van der Waals surface area contributed by atoms with Crippen LogP contribution in [-0.2, 0) is 9.59 Å². The van der Waals surface area contributed by atoms with E-state index in [9.17, 15) is 14.0 Å². The highest BCUT2D eigenvalue weighted by Crippen LogP contribution is 2.28. The van der Waals surface area contributed by atoms with E-state index in [2.05, 4.69) is 4.90 Å². The summed E-state index contributed by atoms with van der Waals surface area (Å²) >= 11 is 0. The number of amides is 2. The Hall–Kier alpha value is -2.15. The van der Waals surface area contributed by atoms with Crippen molar-refractivity contribution < 1.29 is 18.7 Å². The zero-order valence-corrected chi connectivity index (χ0v) is 17.1. The molecule has 0 radical (unpaired) electrons. The van der Waals surface area contributed by atoms with Gasteiger partial charge in [-0.3, -0.25) is 14.5 Å². The molecule has 2 atom stereocenters. The van der Waals surface area contributed by atoms with Gasteiger partial charge in [0.15, 0.2) is 0 Å². The lowest BCUT2D eigenvalue weighted by Crippen LogP contribution is -2.48. The van der Waals surface area contributed by atoms with E-state index in [1.54, 1.807) is 17.0 Å². The third kappa shape index (κ3) is 4.55. The Morgan fingerprint density at radius 2 is 1.93 bits per heavy atom. The molecule has 7 heteroatoms. The van der Waals surface area contributed by atoms with Crippen LogP contribution in [0.1, 0.15) is 39.0 Å². The van der Waals surface area contributed by atoms with Gasteiger partial charge in [-0.1, -0.05) is 12.5 Å². The van der Waals surface area contributed by atoms with Crippen LogP contribution in [0, 0.1) is 5.82 Å². The fraction of sp³-hybridized carbons (Fsp3) is 0.636. The Balaban J connectivity index is 1.40. The molecule has 1 aromatic rings. The van der Waals surface area contributed by atoms with E-state index in [0.29, 0.717) is 31.3 Å². The lowest BCUT2D eigenvalue weighted by Gasteiger charge is -2.36. The fourth-order valence-corrected chi connectivity index (χ4v) is 4.68. The highest BCUT2D eigenvalue weighted by molar-refractivity contribution is 5.87. The van der Waals surface area contributed by atoms with E-state index < -0.39 is 6.04 Å². The number of halogens is 1. The second-order valence-electron chi connectivity index (χ2n) is 8.42. The number of benzene rings is 1. The summed E-state index contributed by atoms with van der Waals surface area (Å²) in [6.45, 7) is 5.25. The van der Waals surface area contributed by atoms with Crippen molar-refractivity contribution in [2.24, 2.45) is 0 Å². The molecule has 0 spiro atoms. The quantitative estimate of drug-likeness (QED) is 0.774. The SMILES string of the molecule is CC(=O)N1CC(Oc2cccc(F)c2)CC1C(=O)N1CCCN(C2CCC2)CC1. The molecule has 2 amide bonds. The maximum absolute atomic E-state index is 13.4. The van der Waals surface area contributed by atoms with Crippen molar-refractivity contribution in [2.75, 3.05) is 32.7 Å². The lowest BCUT2D eigenvalue weighted by atomic mass is 9.91. The summed E-state index contributed by atoms with van der Waals surface area (Å²) < 4.78 is 19.3. The molecule has 4 rings (SSSR count). The van der Waals surface area contributed by atoms with Gasteiger partial charge < -0.3 is 14.5 Å². The van der Waals surface area contributed by atoms with E-state index in [0.717, 1.165) is 26.1 Å². The van der Waals surface area contributed by atoms with Crippen LogP contribution in [0.5, 0.6) is 5.75 Å². The number of carbonyl (C=O) groups is 2. The predicted molar refractivity (Wildman–Crippen MR) is 107 cm³/mol. The fourth-order valence-electron chi connectivity index (χ4n) is 4.68. The van der Waals surface area contributed by atoms with Gasteiger partial charge in [0, 0.05) is 51.6 Å². The van der Waals surface area contributed by atoms with Crippen molar-refractivity contribution in [1.29, 1.82) is 0 Å². The summed E-state index contributed by atoms with van der Waals surface area (Å²) in [4.78, 5) is 31.5. The third-order valence-electron chi connectivity index (χ3n) is 6.48. The highest BCUT2D eigenvalue weighted by Gasteiger charge is 2.41. The van der Waals surface area contributed by atoms with Crippen molar-refractivity contribution in [3.8, 4) is 5.75 Å². The van der Waals surface area contributed by atoms with E-state index in [-0.39, 0.29) is 23.7 Å². The van der Waals surface area contributed by atoms with Crippen LogP contribution >= 0.6 is 0 Å². The average Bonchev–Trinajstić information content (AvgIpc) is 2.91. The molecule has 158 valence electrons. The van der Waals surface area contributed by atoms with Crippen molar-refractivity contribution in [1.82, 2.24) is 14.7 Å². The van der Waals surface area contributed by atoms with Crippen LogP contribution in [0.25, 0.3) is 0 Å². The molecule has 3 fully saturated rings. The molecule has 1 aliphatic carbocycles. The van der Waals surface area contributed by atoms with E-state index in [1.807, 2.05) is 4.90 Å². The molecule has 1 saturated carbocycles. The maximum atomic E-state index is 13.4. The monoisotopic (exact) mass is 403 g/mol. The molecule has 2 saturated heterocycles. The van der Waals surface area contributed by atoms with Gasteiger partial charge in [-0.25, -0.2) is 4.39 Å². The minimum Gasteiger partial charge on any atom is -0.488 e. The molecule has 2 unspecified atom stereocenters. The maximum Gasteiger partial charge on any atom is 0.245 e. The first-order valence-electron chi connectivity index (χ1n) is 10.7. The first kappa shape index (κ1) is 20.1. The summed E-state index contributed by atoms with van der Waals surface area (Å²) in [5, 5.41) is 0. The van der Waals surface area contributed by atoms with Crippen molar-refractivity contribution in [2.45, 2.75) is 57.2 Å². The molecule has 0 bridgehead atoms. The van der Waals surface area contributed by atoms with Gasteiger partial charge in [0.25, 0.3) is 0 Å². The zero-order chi connectivity index (χ0) is 20.4. The lowest BCUT2D eigenvalue weighted by molar-refractivity contribution is -0.142. The number of hydrogen-bond donors (Lipinski definition) is 0. The second-order valence-corrected chi connectivity index (χ2v) is 8.42. The molecule has 29 heavy (non-hydrogen) atoms. The number of carbonyl (C=O) groups excluding carboxylic acids is 2. The standard InChI is InChI=1S/C22H30FN3O3/c1-16(27)26-15-20(29-19-8-2-5-17(23)13-19)14-21(26)22(28)25-10-4-9-24(11-12-25)18-6-3-7-18/h2,5,8,13,18,20-21H,3-4,6-7,9-12,14-15H2,1H3. The van der Waals surface area contributed by atoms with Crippen LogP contribution in [0.2, 0.25) is 0 Å². The topological polar surface area (TPSA) is 53.1 Å². The Morgan fingerprint density at radius 1 is 1.10 bits per heavy atom. The van der Waals surface area contributed by atoms with Gasteiger partial charge in [0.05, 0.1) is 6.54 Å². The Morgan fingerprint density at radius 3 is 2.62 bits per heavy atom. The Kier molecular flexibility index (Phi) is 6.04. The van der Waals surface area contributed by atoms with Gasteiger partial charge in [0.2, 0.25) is 11.8 Å². The van der Waals surface area contributed by atoms with Crippen LogP contribution in [0.3, 0.4) is 0 Å². The zero-order valence-electron chi connectivity index (χ0n) is 17.1. The largest absolute Gasteiger partial charge is 0.488 e. The van der Waals surface area contributed by atoms with Gasteiger partial charge in [-0.15, -0.1) is 0 Å². The van der Waals surface area contributed by atoms with Crippen molar-refractivity contribution in [3.63, 3.8) is 0 Å². The summed E-state index contributed by atoms with van der Waals surface area (Å²) in [5.74, 6) is -0.0461. The first-order valence-corrected chi connectivity index (χ1v) is 10.7. The molecule has 6 nitrogen and oxygen atoms in total. The summed E-state index contributed by atoms with van der Waals surface area (Å²) in [6, 6.07) is 6.17. The molecule has 2 aliphatic heterocycles. The van der Waals surface area contributed by atoms with E-state index in [4.69, 9.17) is 4.74 Å². The molecular formula is C22H30FN3O3. The third-order valence-corrected chi connectivity index (χ3v) is 6.48. The van der Waals surface area contributed by atoms with Crippen molar-refractivity contribution >= 4 is 11.8 Å². The summed E-state index contributed by atoms with van der Waals surface area (Å²) in [5.41, 5.74) is 0. The smallest absolute Gasteiger partial charge is 0.245 e. The minimum atomic E-state index is -0.499. The van der Waals surface area contributed by atoms with E-state index >= 15 is 0 Å². The molecule has 0 aromatic heterocycles. The Labute approximate surface area is 171 Å². The molecule has 3 aliphatic rings. The number of rotatable bonds is 4. The average molecular weight is 403 g/mol. The summed E-state index contributed by atoms with van der Waals surface area (Å²) in [6.07, 6.45) is 4.96. The normalized spacial score (nSPS) is 26.1. The molecule has 1 aromatic carbocycles. The van der Waals surface area contributed by atoms with Crippen LogP contribution in [-0.4, -0.2) is 77.4 Å². The number of likely N-dealkylation sites (tertiary alicyclic amines) is 1. The van der Waals surface area contributed by atoms with Crippen molar-refractivity contribution in [3.05, 3.63) is 30.1 Å². The van der Waals surface area contributed by atoms with Gasteiger partial charge in [-0.05, 0) is 31.4 Å². The minimum absolute atomic E-state index is 0.0148. The number of hydrogen-bond acceptors (Lipinski definition) is 4. The van der Waals surface area contributed by atoms with Gasteiger partial charge in [-0.2, -0.15) is 0 Å². The predicted octanol–water partition coefficient (Wildman–Crippen LogP) is 2.28. The highest BCUT2D eigenvalue weighted by atomic mass is 19.1. The molecule has 2 heterocycles. The van der Waals surface area contributed by atoms with Crippen LogP contribution in [0.4, 0.5) is 4.39 Å². The van der Waals surface area contributed by atoms with Crippen LogP contribution < -0.4 is 4.74 Å². The van der Waals surface area contributed by atoms with Crippen LogP contribution in [0.15, 0.2) is 24.3 Å². The van der Waals surface area contributed by atoms with Gasteiger partial charge in [0.1, 0.15) is 23.7 Å². The molecule has 0 N–H and O–H groups in total.